The fraction of sp³-hybridized carbons (Fsp3) is 1.00. The van der Waals surface area contributed by atoms with E-state index >= 15 is 0 Å². The van der Waals surface area contributed by atoms with Crippen molar-refractivity contribution in [2.75, 3.05) is 13.2 Å². The molecule has 1 saturated heterocycles. The van der Waals surface area contributed by atoms with E-state index in [0.29, 0.717) is 11.5 Å². The third-order valence-corrected chi connectivity index (χ3v) is 5.53. The van der Waals surface area contributed by atoms with Gasteiger partial charge in [0.15, 0.2) is 0 Å². The highest BCUT2D eigenvalue weighted by Gasteiger charge is 2.50. The van der Waals surface area contributed by atoms with Gasteiger partial charge in [-0.1, -0.05) is 26.7 Å². The predicted octanol–water partition coefficient (Wildman–Crippen LogP) is 3.50. The smallest absolute Gasteiger partial charge is 0.0843 e. The van der Waals surface area contributed by atoms with Crippen molar-refractivity contribution in [2.24, 2.45) is 11.3 Å². The first-order chi connectivity index (χ1) is 8.61. The minimum atomic E-state index is 0.162. The zero-order valence-corrected chi connectivity index (χ0v) is 12.1. The van der Waals surface area contributed by atoms with Crippen LogP contribution in [0.4, 0.5) is 0 Å². The number of ether oxygens (including phenoxy) is 1. The average Bonchev–Trinajstić information content (AvgIpc) is 2.81. The number of nitrogens with one attached hydrogen (secondary N) is 1. The predicted molar refractivity (Wildman–Crippen MR) is 74.7 cm³/mol. The second kappa shape index (κ2) is 4.79. The zero-order chi connectivity index (χ0) is 12.6. The van der Waals surface area contributed by atoms with Crippen LogP contribution in [-0.2, 0) is 4.74 Å². The Balaban J connectivity index is 1.81. The molecular formula is C16H29NO. The Bertz CT molecular complexity index is 291. The quantitative estimate of drug-likeness (QED) is 0.770. The fourth-order valence-electron chi connectivity index (χ4n) is 4.87. The highest BCUT2D eigenvalue weighted by Crippen LogP contribution is 2.48. The van der Waals surface area contributed by atoms with Crippen LogP contribution >= 0.6 is 0 Å². The lowest BCUT2D eigenvalue weighted by Crippen LogP contribution is -2.63. The molecule has 2 saturated carbocycles. The molecule has 1 heterocycles. The van der Waals surface area contributed by atoms with Gasteiger partial charge in [-0.05, 0) is 49.9 Å². The molecule has 3 fully saturated rings. The van der Waals surface area contributed by atoms with Crippen molar-refractivity contribution < 1.29 is 4.74 Å². The second-order valence-electron chi connectivity index (χ2n) is 7.58. The molecule has 2 nitrogen and oxygen atoms in total. The number of morpholine rings is 1. The summed E-state index contributed by atoms with van der Waals surface area (Å²) in [6.07, 6.45) is 11.0. The third kappa shape index (κ3) is 2.34. The van der Waals surface area contributed by atoms with Gasteiger partial charge in [-0.25, -0.2) is 0 Å². The van der Waals surface area contributed by atoms with Crippen molar-refractivity contribution in [3.63, 3.8) is 0 Å². The Kier molecular flexibility index (Phi) is 3.44. The molecule has 1 aliphatic heterocycles. The van der Waals surface area contributed by atoms with Crippen LogP contribution in [0.15, 0.2) is 0 Å². The maximum absolute atomic E-state index is 6.40. The minimum absolute atomic E-state index is 0.162. The normalized spacial score (nSPS) is 41.3. The summed E-state index contributed by atoms with van der Waals surface area (Å²) in [7, 11) is 0. The largest absolute Gasteiger partial charge is 0.372 e. The van der Waals surface area contributed by atoms with Crippen molar-refractivity contribution in [1.82, 2.24) is 5.32 Å². The monoisotopic (exact) mass is 251 g/mol. The summed E-state index contributed by atoms with van der Waals surface area (Å²) in [5.41, 5.74) is 0.628. The first-order valence-electron chi connectivity index (χ1n) is 7.99. The Morgan fingerprint density at radius 2 is 1.83 bits per heavy atom. The van der Waals surface area contributed by atoms with Gasteiger partial charge in [-0.3, -0.25) is 0 Å². The molecule has 18 heavy (non-hydrogen) atoms. The van der Waals surface area contributed by atoms with E-state index in [-0.39, 0.29) is 5.60 Å². The van der Waals surface area contributed by atoms with E-state index in [1.165, 1.54) is 51.4 Å². The Labute approximate surface area is 112 Å². The van der Waals surface area contributed by atoms with Crippen LogP contribution < -0.4 is 5.32 Å². The number of hydrogen-bond acceptors (Lipinski definition) is 2. The molecule has 2 aliphatic carbocycles. The lowest BCUT2D eigenvalue weighted by Gasteiger charge is -2.53. The first-order valence-corrected chi connectivity index (χ1v) is 7.99. The molecule has 0 amide bonds. The molecular weight excluding hydrogens is 222 g/mol. The molecule has 1 spiro atoms. The van der Waals surface area contributed by atoms with Crippen molar-refractivity contribution in [3.05, 3.63) is 0 Å². The van der Waals surface area contributed by atoms with Crippen molar-refractivity contribution in [3.8, 4) is 0 Å². The molecule has 0 aromatic rings. The van der Waals surface area contributed by atoms with E-state index in [1.54, 1.807) is 0 Å². The summed E-state index contributed by atoms with van der Waals surface area (Å²) in [6, 6.07) is 0.633. The van der Waals surface area contributed by atoms with E-state index in [9.17, 15) is 0 Å². The molecule has 0 aromatic heterocycles. The van der Waals surface area contributed by atoms with Gasteiger partial charge in [-0.2, -0.15) is 0 Å². The third-order valence-electron chi connectivity index (χ3n) is 5.53. The molecule has 104 valence electrons. The van der Waals surface area contributed by atoms with Crippen LogP contribution in [-0.4, -0.2) is 24.8 Å². The average molecular weight is 251 g/mol. The van der Waals surface area contributed by atoms with E-state index in [0.717, 1.165) is 19.1 Å². The summed E-state index contributed by atoms with van der Waals surface area (Å²) in [4.78, 5) is 0. The minimum Gasteiger partial charge on any atom is -0.372 e. The van der Waals surface area contributed by atoms with Crippen LogP contribution in [0.25, 0.3) is 0 Å². The SMILES string of the molecule is CC1(C)CCCC2(C1)OCCNC2C1CCCC1. The van der Waals surface area contributed by atoms with Crippen LogP contribution in [0, 0.1) is 11.3 Å². The number of rotatable bonds is 1. The van der Waals surface area contributed by atoms with Gasteiger partial charge in [0, 0.05) is 12.6 Å². The van der Waals surface area contributed by atoms with Gasteiger partial charge < -0.3 is 10.1 Å². The standard InChI is InChI=1S/C16H29NO/c1-15(2)8-5-9-16(12-15)14(17-10-11-18-16)13-6-3-4-7-13/h13-14,17H,3-12H2,1-2H3. The van der Waals surface area contributed by atoms with Crippen molar-refractivity contribution in [1.29, 1.82) is 0 Å². The lowest BCUT2D eigenvalue weighted by molar-refractivity contribution is -0.150. The van der Waals surface area contributed by atoms with Gasteiger partial charge in [-0.15, -0.1) is 0 Å². The summed E-state index contributed by atoms with van der Waals surface area (Å²) in [5, 5.41) is 3.83. The molecule has 0 radical (unpaired) electrons. The molecule has 3 aliphatic rings. The van der Waals surface area contributed by atoms with Gasteiger partial charge in [0.05, 0.1) is 12.2 Å². The summed E-state index contributed by atoms with van der Waals surface area (Å²) in [5.74, 6) is 0.874. The summed E-state index contributed by atoms with van der Waals surface area (Å²) >= 11 is 0. The molecule has 3 rings (SSSR count). The van der Waals surface area contributed by atoms with Crippen LogP contribution in [0.3, 0.4) is 0 Å². The van der Waals surface area contributed by atoms with E-state index < -0.39 is 0 Å². The fourth-order valence-corrected chi connectivity index (χ4v) is 4.87. The maximum atomic E-state index is 6.40. The molecule has 2 atom stereocenters. The zero-order valence-electron chi connectivity index (χ0n) is 12.1. The summed E-state index contributed by atoms with van der Waals surface area (Å²) in [6.45, 7) is 6.83. The van der Waals surface area contributed by atoms with Gasteiger partial charge in [0.25, 0.3) is 0 Å². The lowest BCUT2D eigenvalue weighted by atomic mass is 9.64. The second-order valence-corrected chi connectivity index (χ2v) is 7.58. The van der Waals surface area contributed by atoms with Crippen LogP contribution in [0.5, 0.6) is 0 Å². The molecule has 1 N–H and O–H groups in total. The highest BCUT2D eigenvalue weighted by atomic mass is 16.5. The maximum Gasteiger partial charge on any atom is 0.0843 e. The van der Waals surface area contributed by atoms with E-state index in [1.807, 2.05) is 0 Å². The molecule has 0 aromatic carbocycles. The molecule has 0 bridgehead atoms. The topological polar surface area (TPSA) is 21.3 Å². The van der Waals surface area contributed by atoms with E-state index in [4.69, 9.17) is 4.74 Å². The van der Waals surface area contributed by atoms with E-state index in [2.05, 4.69) is 19.2 Å². The Hall–Kier alpha value is -0.0800. The molecule has 2 unspecified atom stereocenters. The van der Waals surface area contributed by atoms with Crippen molar-refractivity contribution in [2.45, 2.75) is 76.9 Å². The highest BCUT2D eigenvalue weighted by molar-refractivity contribution is 5.04. The van der Waals surface area contributed by atoms with Crippen LogP contribution in [0.2, 0.25) is 0 Å². The van der Waals surface area contributed by atoms with Gasteiger partial charge in [0.2, 0.25) is 0 Å². The molecule has 2 heteroatoms. The first kappa shape index (κ1) is 12.9. The van der Waals surface area contributed by atoms with Gasteiger partial charge >= 0.3 is 0 Å². The van der Waals surface area contributed by atoms with Crippen molar-refractivity contribution >= 4 is 0 Å². The Morgan fingerprint density at radius 1 is 1.06 bits per heavy atom. The van der Waals surface area contributed by atoms with Gasteiger partial charge in [0.1, 0.15) is 0 Å². The summed E-state index contributed by atoms with van der Waals surface area (Å²) < 4.78 is 6.40. The number of hydrogen-bond donors (Lipinski definition) is 1. The van der Waals surface area contributed by atoms with Crippen LogP contribution in [0.1, 0.15) is 65.2 Å². The Morgan fingerprint density at radius 3 is 2.56 bits per heavy atom.